The Balaban J connectivity index is 2.10. The third-order valence-corrected chi connectivity index (χ3v) is 3.15. The number of ether oxygens (including phenoxy) is 1. The van der Waals surface area contributed by atoms with E-state index in [1.165, 1.54) is 12.6 Å². The minimum Gasteiger partial charge on any atom is -0.456 e. The lowest BCUT2D eigenvalue weighted by Gasteiger charge is -2.21. The van der Waals surface area contributed by atoms with Crippen LogP contribution in [0.1, 0.15) is 37.3 Å². The smallest absolute Gasteiger partial charge is 0.303 e. The van der Waals surface area contributed by atoms with Gasteiger partial charge in [-0.1, -0.05) is 6.07 Å². The highest BCUT2D eigenvalue weighted by atomic mass is 16.5. The number of hydrogen-bond donors (Lipinski definition) is 0. The first-order chi connectivity index (χ1) is 8.25. The van der Waals surface area contributed by atoms with Crippen molar-refractivity contribution in [2.24, 2.45) is 0 Å². The van der Waals surface area contributed by atoms with Crippen molar-refractivity contribution in [3.05, 3.63) is 35.8 Å². The number of esters is 1. The van der Waals surface area contributed by atoms with E-state index < -0.39 is 0 Å². The molecule has 88 valence electrons. The van der Waals surface area contributed by atoms with E-state index in [2.05, 4.69) is 9.38 Å². The zero-order valence-corrected chi connectivity index (χ0v) is 9.72. The Bertz CT molecular complexity index is 574. The van der Waals surface area contributed by atoms with Crippen LogP contribution in [0.2, 0.25) is 0 Å². The monoisotopic (exact) mass is 230 g/mol. The van der Waals surface area contributed by atoms with Crippen LogP contribution in [0.4, 0.5) is 0 Å². The molecular weight excluding hydrogens is 216 g/mol. The van der Waals surface area contributed by atoms with E-state index in [1.54, 1.807) is 0 Å². The van der Waals surface area contributed by atoms with Crippen molar-refractivity contribution in [1.29, 1.82) is 0 Å². The molecule has 0 radical (unpaired) electrons. The molecule has 2 heterocycles. The second-order valence-electron chi connectivity index (χ2n) is 4.36. The normalized spacial score (nSPS) is 19.0. The van der Waals surface area contributed by atoms with Gasteiger partial charge < -0.3 is 9.14 Å². The molecule has 1 aliphatic rings. The van der Waals surface area contributed by atoms with E-state index in [9.17, 15) is 4.79 Å². The summed E-state index contributed by atoms with van der Waals surface area (Å²) in [6.45, 7) is 1.45. The van der Waals surface area contributed by atoms with E-state index in [0.717, 1.165) is 30.6 Å². The SMILES string of the molecule is CC(=O)OC1CCCc2c1nc1ccccn21. The molecule has 1 aliphatic carbocycles. The van der Waals surface area contributed by atoms with Crippen molar-refractivity contribution in [2.75, 3.05) is 0 Å². The number of carbonyl (C=O) groups is 1. The number of fused-ring (bicyclic) bond motifs is 3. The molecule has 2 aromatic rings. The summed E-state index contributed by atoms with van der Waals surface area (Å²) in [7, 11) is 0. The van der Waals surface area contributed by atoms with Gasteiger partial charge in [-0.05, 0) is 31.4 Å². The van der Waals surface area contributed by atoms with Gasteiger partial charge in [-0.3, -0.25) is 4.79 Å². The van der Waals surface area contributed by atoms with Gasteiger partial charge in [0.1, 0.15) is 17.4 Å². The number of aromatic nitrogens is 2. The lowest BCUT2D eigenvalue weighted by Crippen LogP contribution is -2.15. The molecule has 0 aromatic carbocycles. The Morgan fingerprint density at radius 3 is 3.24 bits per heavy atom. The van der Waals surface area contributed by atoms with Crippen molar-refractivity contribution >= 4 is 11.6 Å². The second kappa shape index (κ2) is 3.87. The lowest BCUT2D eigenvalue weighted by atomic mass is 9.98. The van der Waals surface area contributed by atoms with Gasteiger partial charge >= 0.3 is 5.97 Å². The highest BCUT2D eigenvalue weighted by molar-refractivity contribution is 5.66. The average molecular weight is 230 g/mol. The standard InChI is InChI=1S/C13H14N2O2/c1-9(16)17-11-6-4-5-10-13(11)14-12-7-2-3-8-15(10)12/h2-3,7-8,11H,4-6H2,1H3. The third-order valence-electron chi connectivity index (χ3n) is 3.15. The van der Waals surface area contributed by atoms with Crippen LogP contribution in [0.25, 0.3) is 5.65 Å². The predicted molar refractivity (Wildman–Crippen MR) is 62.6 cm³/mol. The molecule has 0 saturated carbocycles. The Hall–Kier alpha value is -1.84. The molecule has 0 spiro atoms. The molecule has 0 fully saturated rings. The number of pyridine rings is 1. The maximum atomic E-state index is 11.1. The Morgan fingerprint density at radius 1 is 1.53 bits per heavy atom. The maximum absolute atomic E-state index is 11.1. The molecule has 1 unspecified atom stereocenters. The van der Waals surface area contributed by atoms with Gasteiger partial charge in [0.15, 0.2) is 0 Å². The summed E-state index contributed by atoms with van der Waals surface area (Å²) < 4.78 is 7.42. The fourth-order valence-electron chi connectivity index (χ4n) is 2.48. The van der Waals surface area contributed by atoms with Gasteiger partial charge in [-0.2, -0.15) is 0 Å². The number of imidazole rings is 1. The van der Waals surface area contributed by atoms with Gasteiger partial charge in [0, 0.05) is 18.8 Å². The van der Waals surface area contributed by atoms with Crippen LogP contribution in [0.3, 0.4) is 0 Å². The maximum Gasteiger partial charge on any atom is 0.303 e. The molecule has 2 aromatic heterocycles. The minimum atomic E-state index is -0.236. The summed E-state index contributed by atoms with van der Waals surface area (Å²) in [5, 5.41) is 0. The summed E-state index contributed by atoms with van der Waals surface area (Å²) in [6, 6.07) is 5.93. The average Bonchev–Trinajstić information content (AvgIpc) is 2.68. The number of aryl methyl sites for hydroxylation is 1. The van der Waals surface area contributed by atoms with Crippen LogP contribution in [0, 0.1) is 0 Å². The van der Waals surface area contributed by atoms with Crippen LogP contribution in [0.15, 0.2) is 24.4 Å². The molecule has 0 aliphatic heterocycles. The van der Waals surface area contributed by atoms with Crippen LogP contribution in [-0.4, -0.2) is 15.4 Å². The molecule has 17 heavy (non-hydrogen) atoms. The summed E-state index contributed by atoms with van der Waals surface area (Å²) in [6.07, 6.45) is 4.75. The molecule has 0 bridgehead atoms. The molecule has 0 N–H and O–H groups in total. The van der Waals surface area contributed by atoms with Crippen LogP contribution >= 0.6 is 0 Å². The molecule has 0 saturated heterocycles. The highest BCUT2D eigenvalue weighted by Gasteiger charge is 2.27. The lowest BCUT2D eigenvalue weighted by molar-refractivity contribution is -0.147. The fourth-order valence-corrected chi connectivity index (χ4v) is 2.48. The Morgan fingerprint density at radius 2 is 2.41 bits per heavy atom. The molecule has 4 heteroatoms. The summed E-state index contributed by atoms with van der Waals surface area (Å²) in [5.41, 5.74) is 3.03. The topological polar surface area (TPSA) is 43.6 Å². The number of hydrogen-bond acceptors (Lipinski definition) is 3. The Labute approximate surface area is 99.2 Å². The van der Waals surface area contributed by atoms with Gasteiger partial charge in [-0.25, -0.2) is 4.98 Å². The van der Waals surface area contributed by atoms with E-state index in [-0.39, 0.29) is 12.1 Å². The van der Waals surface area contributed by atoms with Crippen LogP contribution in [-0.2, 0) is 16.0 Å². The van der Waals surface area contributed by atoms with Crippen molar-refractivity contribution in [3.63, 3.8) is 0 Å². The van der Waals surface area contributed by atoms with Gasteiger partial charge in [0.25, 0.3) is 0 Å². The van der Waals surface area contributed by atoms with Crippen molar-refractivity contribution in [1.82, 2.24) is 9.38 Å². The Kier molecular flexibility index (Phi) is 2.35. The first-order valence-corrected chi connectivity index (χ1v) is 5.89. The van der Waals surface area contributed by atoms with Crippen LogP contribution in [0.5, 0.6) is 0 Å². The second-order valence-corrected chi connectivity index (χ2v) is 4.36. The zero-order valence-electron chi connectivity index (χ0n) is 9.72. The van der Waals surface area contributed by atoms with Crippen molar-refractivity contribution in [3.8, 4) is 0 Å². The molecule has 0 amide bonds. The van der Waals surface area contributed by atoms with E-state index in [4.69, 9.17) is 4.74 Å². The van der Waals surface area contributed by atoms with E-state index in [0.29, 0.717) is 0 Å². The highest BCUT2D eigenvalue weighted by Crippen LogP contribution is 2.32. The number of rotatable bonds is 1. The van der Waals surface area contributed by atoms with Crippen molar-refractivity contribution in [2.45, 2.75) is 32.3 Å². The third kappa shape index (κ3) is 1.69. The van der Waals surface area contributed by atoms with Gasteiger partial charge in [-0.15, -0.1) is 0 Å². The largest absolute Gasteiger partial charge is 0.456 e. The van der Waals surface area contributed by atoms with Crippen molar-refractivity contribution < 1.29 is 9.53 Å². The first kappa shape index (κ1) is 10.3. The zero-order chi connectivity index (χ0) is 11.8. The first-order valence-electron chi connectivity index (χ1n) is 5.89. The minimum absolute atomic E-state index is 0.170. The predicted octanol–water partition coefficient (Wildman–Crippen LogP) is 2.27. The van der Waals surface area contributed by atoms with Gasteiger partial charge in [0.05, 0.1) is 0 Å². The molecule has 4 nitrogen and oxygen atoms in total. The summed E-state index contributed by atoms with van der Waals surface area (Å²) in [5.74, 6) is -0.236. The fraction of sp³-hybridized carbons (Fsp3) is 0.385. The van der Waals surface area contributed by atoms with E-state index >= 15 is 0 Å². The summed E-state index contributed by atoms with van der Waals surface area (Å²) >= 11 is 0. The van der Waals surface area contributed by atoms with Crippen LogP contribution < -0.4 is 0 Å². The van der Waals surface area contributed by atoms with Gasteiger partial charge in [0.2, 0.25) is 0 Å². The van der Waals surface area contributed by atoms with E-state index in [1.807, 2.05) is 24.4 Å². The molecule has 1 atom stereocenters. The summed E-state index contributed by atoms with van der Waals surface area (Å²) in [4.78, 5) is 15.7. The molecule has 3 rings (SSSR count). The number of nitrogens with zero attached hydrogens (tertiary/aromatic N) is 2. The number of carbonyl (C=O) groups excluding carboxylic acids is 1. The molecular formula is C13H14N2O2. The quantitative estimate of drug-likeness (QED) is 0.706.